The Morgan fingerprint density at radius 1 is 1.50 bits per heavy atom. The van der Waals surface area contributed by atoms with E-state index in [9.17, 15) is 19.8 Å². The minimum absolute atomic E-state index is 0. The van der Waals surface area contributed by atoms with E-state index in [-0.39, 0.29) is 53.1 Å². The molecule has 120 valence electrons. The van der Waals surface area contributed by atoms with E-state index in [1.807, 2.05) is 17.5 Å². The van der Waals surface area contributed by atoms with Crippen molar-refractivity contribution in [2.24, 2.45) is 11.8 Å². The van der Waals surface area contributed by atoms with Gasteiger partial charge in [-0.2, -0.15) is 0 Å². The fourth-order valence-electron chi connectivity index (χ4n) is 3.74. The predicted octanol–water partition coefficient (Wildman–Crippen LogP) is -3.28. The van der Waals surface area contributed by atoms with Crippen LogP contribution in [-0.2, 0) is 9.59 Å². The van der Waals surface area contributed by atoms with Crippen LogP contribution in [0.1, 0.15) is 18.7 Å². The number of β-lactam (4-membered cyclic amide) rings is 1. The minimum Gasteiger partial charge on any atom is -0.543 e. The van der Waals surface area contributed by atoms with E-state index in [0.29, 0.717) is 5.57 Å². The molecule has 1 amide bonds. The molecule has 0 aromatic carbocycles. The summed E-state index contributed by atoms with van der Waals surface area (Å²) in [5.41, 5.74) is 0.530. The first-order valence-electron chi connectivity index (χ1n) is 7.30. The van der Waals surface area contributed by atoms with Gasteiger partial charge in [-0.3, -0.25) is 9.20 Å². The van der Waals surface area contributed by atoms with Crippen molar-refractivity contribution in [1.82, 2.24) is 14.3 Å². The maximum absolute atomic E-state index is 12.3. The Kier molecular flexibility index (Phi) is 4.38. The molecule has 1 fully saturated rings. The van der Waals surface area contributed by atoms with Gasteiger partial charge in [0.15, 0.2) is 0 Å². The third kappa shape index (κ3) is 2.21. The number of carbonyl (C=O) groups is 2. The third-order valence-corrected chi connectivity index (χ3v) is 5.80. The molecule has 0 radical (unpaired) electrons. The van der Waals surface area contributed by atoms with E-state index >= 15 is 0 Å². The summed E-state index contributed by atoms with van der Waals surface area (Å²) in [6.07, 6.45) is 4.35. The second-order valence-electron chi connectivity index (χ2n) is 6.04. The van der Waals surface area contributed by atoms with Gasteiger partial charge in [0.25, 0.3) is 0 Å². The Labute approximate surface area is 163 Å². The van der Waals surface area contributed by atoms with Crippen LogP contribution in [0.15, 0.2) is 24.4 Å². The van der Waals surface area contributed by atoms with Crippen molar-refractivity contribution < 1.29 is 49.4 Å². The summed E-state index contributed by atoms with van der Waals surface area (Å²) in [4.78, 5) is 30.9. The quantitative estimate of drug-likeness (QED) is 0.460. The van der Waals surface area contributed by atoms with Crippen molar-refractivity contribution in [3.8, 4) is 0 Å². The van der Waals surface area contributed by atoms with Crippen molar-refractivity contribution in [2.45, 2.75) is 26.0 Å². The number of carboxylic acids is 1. The second kappa shape index (κ2) is 5.96. The molecule has 0 saturated carbocycles. The zero-order chi connectivity index (χ0) is 16.5. The molecule has 4 atom stereocenters. The number of amides is 1. The first-order chi connectivity index (χ1) is 10.9. The molecule has 0 spiro atoms. The molecule has 1 saturated heterocycles. The Balaban J connectivity index is 0.00000169. The van der Waals surface area contributed by atoms with Crippen molar-refractivity contribution in [3.63, 3.8) is 0 Å². The molecule has 0 bridgehead atoms. The van der Waals surface area contributed by atoms with Crippen LogP contribution in [0.2, 0.25) is 0 Å². The number of rotatable bonds is 3. The molecule has 2 aromatic rings. The Morgan fingerprint density at radius 2 is 2.21 bits per heavy atom. The topological polar surface area (TPSA) is 98.0 Å². The van der Waals surface area contributed by atoms with Crippen LogP contribution < -0.4 is 34.7 Å². The Hall–Kier alpha value is -1.19. The summed E-state index contributed by atoms with van der Waals surface area (Å²) in [6, 6.07) is -0.329. The number of carbonyl (C=O) groups excluding carboxylic acids is 2. The largest absolute Gasteiger partial charge is 1.00 e. The van der Waals surface area contributed by atoms with Gasteiger partial charge in [0.05, 0.1) is 47.1 Å². The number of imidazole rings is 1. The van der Waals surface area contributed by atoms with Crippen molar-refractivity contribution in [1.29, 1.82) is 0 Å². The van der Waals surface area contributed by atoms with Gasteiger partial charge in [0.2, 0.25) is 5.91 Å². The van der Waals surface area contributed by atoms with Gasteiger partial charge in [0, 0.05) is 17.7 Å². The molecule has 0 unspecified atom stereocenters. The number of thiazole rings is 1. The van der Waals surface area contributed by atoms with Gasteiger partial charge >= 0.3 is 29.6 Å². The molecule has 2 aliphatic rings. The number of aliphatic hydroxyl groups excluding tert-OH is 1. The molecule has 9 heteroatoms. The summed E-state index contributed by atoms with van der Waals surface area (Å²) in [5, 5.41) is 21.5. The summed E-state index contributed by atoms with van der Waals surface area (Å²) in [6.45, 7) is 3.45. The van der Waals surface area contributed by atoms with Gasteiger partial charge in [-0.1, -0.05) is 6.92 Å². The monoisotopic (exact) mass is 355 g/mol. The molecule has 2 aliphatic heterocycles. The number of nitrogens with zero attached hydrogens (tertiary/aromatic N) is 3. The zero-order valence-corrected chi connectivity index (χ0v) is 16.3. The normalized spacial score (nSPS) is 27.0. The Bertz CT molecular complexity index is 843. The van der Waals surface area contributed by atoms with Crippen LogP contribution in [-0.4, -0.2) is 43.4 Å². The number of fused-ring (bicyclic) bond motifs is 2. The summed E-state index contributed by atoms with van der Waals surface area (Å²) < 4.78 is 1.82. The number of aliphatic carboxylic acids is 1. The van der Waals surface area contributed by atoms with Gasteiger partial charge < -0.3 is 19.9 Å². The van der Waals surface area contributed by atoms with Gasteiger partial charge in [-0.05, 0) is 6.92 Å². The average Bonchev–Trinajstić information content (AvgIpc) is 3.08. The van der Waals surface area contributed by atoms with E-state index < -0.39 is 18.0 Å². The first-order valence-corrected chi connectivity index (χ1v) is 8.12. The molecular weight excluding hydrogens is 341 g/mol. The van der Waals surface area contributed by atoms with Crippen LogP contribution in [0.25, 0.3) is 10.4 Å². The van der Waals surface area contributed by atoms with Gasteiger partial charge in [-0.25, -0.2) is 4.98 Å². The number of hydrogen-bond acceptors (Lipinski definition) is 6. The van der Waals surface area contributed by atoms with Crippen LogP contribution in [0.5, 0.6) is 0 Å². The molecule has 4 rings (SSSR count). The molecule has 2 aromatic heterocycles. The molecule has 7 nitrogen and oxygen atoms in total. The maximum Gasteiger partial charge on any atom is 1.00 e. The average molecular weight is 355 g/mol. The maximum atomic E-state index is 12.3. The standard InChI is InChI=1S/C15H15N3O4S.Na/c1-6-10(8-4-17-5-16-3-9(17)23-8)13(15(21)22)18-12(6)11(7(2)19)14(18)20;/h3-7,11-12,19H,1-2H3,(H,21,22);/q;+1/p-1/t6-,7+,11+,12+;/m0./s1. The van der Waals surface area contributed by atoms with Crippen LogP contribution >= 0.6 is 11.3 Å². The summed E-state index contributed by atoms with van der Waals surface area (Å²) in [7, 11) is 0. The third-order valence-electron chi connectivity index (χ3n) is 4.73. The second-order valence-corrected chi connectivity index (χ2v) is 7.10. The predicted molar refractivity (Wildman–Crippen MR) is 80.0 cm³/mol. The van der Waals surface area contributed by atoms with Crippen LogP contribution in [0.3, 0.4) is 0 Å². The SMILES string of the molecule is C[C@@H](O)[C@H]1C(=O)N2C(C(=O)[O-])=C(c3cn4cncc4s3)[C@H](C)[C@H]12.[Na+]. The fraction of sp³-hybridized carbons (Fsp3) is 0.400. The smallest absolute Gasteiger partial charge is 0.543 e. The molecular formula is C15H14N3NaO4S. The van der Waals surface area contributed by atoms with E-state index in [2.05, 4.69) is 4.98 Å². The Morgan fingerprint density at radius 3 is 2.79 bits per heavy atom. The van der Waals surface area contributed by atoms with Crippen molar-refractivity contribution in [3.05, 3.63) is 29.3 Å². The number of carboxylic acid groups (broad SMARTS) is 1. The van der Waals surface area contributed by atoms with Crippen LogP contribution in [0, 0.1) is 11.8 Å². The number of aromatic nitrogens is 2. The van der Waals surface area contributed by atoms with Crippen LogP contribution in [0.4, 0.5) is 0 Å². The zero-order valence-electron chi connectivity index (χ0n) is 13.5. The first kappa shape index (κ1) is 17.6. The van der Waals surface area contributed by atoms with Gasteiger partial charge in [-0.15, -0.1) is 11.3 Å². The van der Waals surface area contributed by atoms with Crippen molar-refractivity contribution >= 4 is 33.6 Å². The molecule has 24 heavy (non-hydrogen) atoms. The van der Waals surface area contributed by atoms with E-state index in [1.165, 1.54) is 16.2 Å². The molecule has 1 N–H and O–H groups in total. The summed E-state index contributed by atoms with van der Waals surface area (Å²) >= 11 is 1.42. The van der Waals surface area contributed by atoms with E-state index in [0.717, 1.165) is 9.71 Å². The minimum atomic E-state index is -1.36. The van der Waals surface area contributed by atoms with E-state index in [4.69, 9.17) is 0 Å². The number of hydrogen-bond donors (Lipinski definition) is 1. The molecule has 0 aliphatic carbocycles. The molecule has 4 heterocycles. The van der Waals surface area contributed by atoms with E-state index in [1.54, 1.807) is 19.4 Å². The fourth-order valence-corrected chi connectivity index (χ4v) is 4.84. The van der Waals surface area contributed by atoms with Gasteiger partial charge in [0.1, 0.15) is 4.83 Å². The van der Waals surface area contributed by atoms with Crippen molar-refractivity contribution in [2.75, 3.05) is 0 Å². The number of aliphatic hydroxyl groups is 1. The summed E-state index contributed by atoms with van der Waals surface area (Å²) in [5.74, 6) is -2.46.